The van der Waals surface area contributed by atoms with Crippen LogP contribution in [0.25, 0.3) is 0 Å². The number of hydrogen-bond acceptors (Lipinski definition) is 2. The predicted octanol–water partition coefficient (Wildman–Crippen LogP) is 2.63. The van der Waals surface area contributed by atoms with Crippen molar-refractivity contribution in [3.63, 3.8) is 0 Å². The number of nitrogens with two attached hydrogens (primary N) is 1. The van der Waals surface area contributed by atoms with Crippen molar-refractivity contribution in [1.82, 2.24) is 5.32 Å². The van der Waals surface area contributed by atoms with Gasteiger partial charge < -0.3 is 11.1 Å². The molecule has 2 nitrogen and oxygen atoms in total. The van der Waals surface area contributed by atoms with Gasteiger partial charge in [-0.1, -0.05) is 26.0 Å². The van der Waals surface area contributed by atoms with Gasteiger partial charge in [0.1, 0.15) is 5.82 Å². The molecule has 3 heteroatoms. The standard InChI is InChI=1S/C14H23FN2/c1-9(2)12(8-17-4)14(16)11-5-6-13(15)10(3)7-11/h5-7,9,12,14,17H,8,16H2,1-4H3. The highest BCUT2D eigenvalue weighted by atomic mass is 19.1. The molecule has 0 spiro atoms. The van der Waals surface area contributed by atoms with Crippen molar-refractivity contribution >= 4 is 0 Å². The Morgan fingerprint density at radius 2 is 2.00 bits per heavy atom. The highest BCUT2D eigenvalue weighted by Crippen LogP contribution is 2.26. The molecular formula is C14H23FN2. The van der Waals surface area contributed by atoms with E-state index in [0.717, 1.165) is 12.1 Å². The summed E-state index contributed by atoms with van der Waals surface area (Å²) in [5.74, 6) is 0.670. The van der Waals surface area contributed by atoms with Crippen molar-refractivity contribution in [2.75, 3.05) is 13.6 Å². The van der Waals surface area contributed by atoms with Crippen molar-refractivity contribution in [3.05, 3.63) is 35.1 Å². The number of benzene rings is 1. The molecule has 0 amide bonds. The molecule has 0 saturated heterocycles. The van der Waals surface area contributed by atoms with E-state index >= 15 is 0 Å². The molecule has 0 bridgehead atoms. The fourth-order valence-electron chi connectivity index (χ4n) is 2.14. The van der Waals surface area contributed by atoms with Gasteiger partial charge in [0.25, 0.3) is 0 Å². The molecule has 96 valence electrons. The van der Waals surface area contributed by atoms with Crippen LogP contribution in [-0.2, 0) is 0 Å². The van der Waals surface area contributed by atoms with Crippen LogP contribution >= 0.6 is 0 Å². The second-order valence-electron chi connectivity index (χ2n) is 5.00. The number of hydrogen-bond donors (Lipinski definition) is 2. The maximum absolute atomic E-state index is 13.2. The first kappa shape index (κ1) is 14.1. The lowest BCUT2D eigenvalue weighted by atomic mass is 9.84. The SMILES string of the molecule is CNCC(C(C)C)C(N)c1ccc(F)c(C)c1. The zero-order valence-corrected chi connectivity index (χ0v) is 11.1. The summed E-state index contributed by atoms with van der Waals surface area (Å²) in [5.41, 5.74) is 7.95. The minimum Gasteiger partial charge on any atom is -0.324 e. The fraction of sp³-hybridized carbons (Fsp3) is 0.571. The van der Waals surface area contributed by atoms with Crippen LogP contribution in [0.15, 0.2) is 18.2 Å². The molecule has 0 aliphatic rings. The van der Waals surface area contributed by atoms with Gasteiger partial charge in [-0.05, 0) is 49.5 Å². The summed E-state index contributed by atoms with van der Waals surface area (Å²) in [4.78, 5) is 0. The van der Waals surface area contributed by atoms with Gasteiger partial charge in [-0.15, -0.1) is 0 Å². The third kappa shape index (κ3) is 3.51. The highest BCUT2D eigenvalue weighted by Gasteiger charge is 2.22. The molecule has 0 saturated carbocycles. The van der Waals surface area contributed by atoms with E-state index in [2.05, 4.69) is 19.2 Å². The van der Waals surface area contributed by atoms with Crippen LogP contribution in [-0.4, -0.2) is 13.6 Å². The minimum atomic E-state index is -0.171. The zero-order chi connectivity index (χ0) is 13.0. The van der Waals surface area contributed by atoms with Gasteiger partial charge in [0, 0.05) is 6.04 Å². The summed E-state index contributed by atoms with van der Waals surface area (Å²) in [6, 6.07) is 5.09. The van der Waals surface area contributed by atoms with Crippen molar-refractivity contribution in [2.24, 2.45) is 17.6 Å². The average molecular weight is 238 g/mol. The number of halogens is 1. The van der Waals surface area contributed by atoms with Gasteiger partial charge >= 0.3 is 0 Å². The van der Waals surface area contributed by atoms with Gasteiger partial charge in [0.05, 0.1) is 0 Å². The van der Waals surface area contributed by atoms with Crippen LogP contribution in [0.5, 0.6) is 0 Å². The molecule has 0 fully saturated rings. The van der Waals surface area contributed by atoms with Crippen LogP contribution in [0.4, 0.5) is 4.39 Å². The number of rotatable bonds is 5. The van der Waals surface area contributed by atoms with Crippen LogP contribution in [0.2, 0.25) is 0 Å². The highest BCUT2D eigenvalue weighted by molar-refractivity contribution is 5.26. The van der Waals surface area contributed by atoms with E-state index < -0.39 is 0 Å². The lowest BCUT2D eigenvalue weighted by Crippen LogP contribution is -2.33. The molecule has 0 heterocycles. The molecule has 3 N–H and O–H groups in total. The molecule has 17 heavy (non-hydrogen) atoms. The molecule has 0 aliphatic heterocycles. The van der Waals surface area contributed by atoms with Gasteiger partial charge in [-0.2, -0.15) is 0 Å². The summed E-state index contributed by atoms with van der Waals surface area (Å²) < 4.78 is 13.2. The molecule has 2 unspecified atom stereocenters. The Labute approximate surface area is 103 Å². The average Bonchev–Trinajstić information content (AvgIpc) is 2.28. The van der Waals surface area contributed by atoms with E-state index in [-0.39, 0.29) is 11.9 Å². The Morgan fingerprint density at radius 3 is 2.47 bits per heavy atom. The molecule has 0 radical (unpaired) electrons. The second-order valence-corrected chi connectivity index (χ2v) is 5.00. The summed E-state index contributed by atoms with van der Waals surface area (Å²) in [5, 5.41) is 3.17. The Hall–Kier alpha value is -0.930. The maximum atomic E-state index is 13.2. The molecular weight excluding hydrogens is 215 g/mol. The number of nitrogens with one attached hydrogen (secondary N) is 1. The summed E-state index contributed by atoms with van der Waals surface area (Å²) in [7, 11) is 1.93. The first-order valence-electron chi connectivity index (χ1n) is 6.13. The van der Waals surface area contributed by atoms with Crippen molar-refractivity contribution in [1.29, 1.82) is 0 Å². The quantitative estimate of drug-likeness (QED) is 0.827. The lowest BCUT2D eigenvalue weighted by molar-refractivity contribution is 0.314. The smallest absolute Gasteiger partial charge is 0.126 e. The Morgan fingerprint density at radius 1 is 1.35 bits per heavy atom. The zero-order valence-electron chi connectivity index (χ0n) is 11.1. The summed E-state index contributed by atoms with van der Waals surface area (Å²) >= 11 is 0. The largest absolute Gasteiger partial charge is 0.324 e. The number of aryl methyl sites for hydroxylation is 1. The minimum absolute atomic E-state index is 0.0539. The summed E-state index contributed by atoms with van der Waals surface area (Å²) in [6.45, 7) is 6.97. The fourth-order valence-corrected chi connectivity index (χ4v) is 2.14. The van der Waals surface area contributed by atoms with E-state index in [4.69, 9.17) is 5.73 Å². The second kappa shape index (κ2) is 6.12. The first-order chi connectivity index (χ1) is 7.97. The van der Waals surface area contributed by atoms with E-state index in [0.29, 0.717) is 17.4 Å². The van der Waals surface area contributed by atoms with Crippen LogP contribution in [0.3, 0.4) is 0 Å². The Kier molecular flexibility index (Phi) is 5.09. The van der Waals surface area contributed by atoms with E-state index in [1.165, 1.54) is 6.07 Å². The summed E-state index contributed by atoms with van der Waals surface area (Å²) in [6.07, 6.45) is 0. The van der Waals surface area contributed by atoms with Gasteiger partial charge in [0.15, 0.2) is 0 Å². The monoisotopic (exact) mass is 238 g/mol. The molecule has 1 rings (SSSR count). The van der Waals surface area contributed by atoms with E-state index in [9.17, 15) is 4.39 Å². The lowest BCUT2D eigenvalue weighted by Gasteiger charge is -2.27. The van der Waals surface area contributed by atoms with Crippen molar-refractivity contribution < 1.29 is 4.39 Å². The molecule has 1 aromatic carbocycles. The third-order valence-electron chi connectivity index (χ3n) is 3.32. The molecule has 0 aromatic heterocycles. The molecule has 1 aromatic rings. The maximum Gasteiger partial charge on any atom is 0.126 e. The predicted molar refractivity (Wildman–Crippen MR) is 70.3 cm³/mol. The Balaban J connectivity index is 2.92. The van der Waals surface area contributed by atoms with E-state index in [1.807, 2.05) is 13.1 Å². The van der Waals surface area contributed by atoms with Crippen molar-refractivity contribution in [3.8, 4) is 0 Å². The van der Waals surface area contributed by atoms with Crippen LogP contribution in [0.1, 0.15) is 31.0 Å². The van der Waals surface area contributed by atoms with Crippen LogP contribution in [0, 0.1) is 24.6 Å². The Bertz CT molecular complexity index is 363. The van der Waals surface area contributed by atoms with Crippen molar-refractivity contribution in [2.45, 2.75) is 26.8 Å². The van der Waals surface area contributed by atoms with Gasteiger partial charge in [-0.3, -0.25) is 0 Å². The molecule has 2 atom stereocenters. The first-order valence-corrected chi connectivity index (χ1v) is 6.13. The third-order valence-corrected chi connectivity index (χ3v) is 3.32. The molecule has 0 aliphatic carbocycles. The van der Waals surface area contributed by atoms with Gasteiger partial charge in [0.2, 0.25) is 0 Å². The normalized spacial score (nSPS) is 15.0. The topological polar surface area (TPSA) is 38.0 Å². The van der Waals surface area contributed by atoms with Gasteiger partial charge in [-0.25, -0.2) is 4.39 Å². The van der Waals surface area contributed by atoms with Crippen LogP contribution < -0.4 is 11.1 Å². The van der Waals surface area contributed by atoms with E-state index in [1.54, 1.807) is 13.0 Å².